The molecule has 3 aromatic rings. The van der Waals surface area contributed by atoms with Gasteiger partial charge in [-0.3, -0.25) is 9.30 Å². The highest BCUT2D eigenvalue weighted by Gasteiger charge is 2.28. The Morgan fingerprint density at radius 3 is 3.00 bits per heavy atom. The van der Waals surface area contributed by atoms with Crippen LogP contribution in [0.15, 0.2) is 36.7 Å². The molecule has 2 aromatic heterocycles. The molecule has 6 heteroatoms. The van der Waals surface area contributed by atoms with E-state index >= 15 is 0 Å². The van der Waals surface area contributed by atoms with Gasteiger partial charge >= 0.3 is 0 Å². The summed E-state index contributed by atoms with van der Waals surface area (Å²) >= 11 is 0. The van der Waals surface area contributed by atoms with Gasteiger partial charge in [0, 0.05) is 42.3 Å². The Bertz CT molecular complexity index is 983. The number of likely N-dealkylation sites (tertiary alicyclic amines) is 1. The summed E-state index contributed by atoms with van der Waals surface area (Å²) in [6, 6.07) is 8.86. The van der Waals surface area contributed by atoms with Gasteiger partial charge in [0.2, 0.25) is 12.6 Å². The van der Waals surface area contributed by atoms with Crippen molar-refractivity contribution < 1.29 is 9.47 Å². The molecule has 0 saturated carbocycles. The molecule has 4 heterocycles. The monoisotopic (exact) mass is 364 g/mol. The van der Waals surface area contributed by atoms with Crippen LogP contribution in [0, 0.1) is 6.92 Å². The van der Waals surface area contributed by atoms with Gasteiger partial charge in [0.15, 0.2) is 11.5 Å². The number of imidazole rings is 1. The molecule has 2 atom stereocenters. The van der Waals surface area contributed by atoms with Crippen LogP contribution < -0.4 is 9.47 Å². The largest absolute Gasteiger partial charge is 0.454 e. The Kier molecular flexibility index (Phi) is 4.01. The molecule has 0 bridgehead atoms. The first kappa shape index (κ1) is 16.6. The van der Waals surface area contributed by atoms with Crippen LogP contribution in [0.25, 0.3) is 5.78 Å². The molecule has 2 aliphatic heterocycles. The lowest BCUT2D eigenvalue weighted by molar-refractivity contribution is 0.156. The standard InChI is InChI=1S/C21H24N4O2/c1-14-10-18(25-9-7-22-21(25)23-14)17-4-3-8-24(12-17)15(2)16-5-6-19-20(11-16)27-13-26-19/h5-7,9-11,15,17H,3-4,8,12-13H2,1-2H3. The lowest BCUT2D eigenvalue weighted by atomic mass is 9.92. The van der Waals surface area contributed by atoms with Gasteiger partial charge in [0.25, 0.3) is 0 Å². The molecule has 27 heavy (non-hydrogen) atoms. The molecule has 1 saturated heterocycles. The fourth-order valence-corrected chi connectivity index (χ4v) is 4.35. The maximum Gasteiger partial charge on any atom is 0.234 e. The summed E-state index contributed by atoms with van der Waals surface area (Å²) in [5, 5.41) is 0. The third-order valence-corrected chi connectivity index (χ3v) is 5.83. The second-order valence-corrected chi connectivity index (χ2v) is 7.54. The molecule has 0 N–H and O–H groups in total. The normalized spacial score (nSPS) is 20.9. The van der Waals surface area contributed by atoms with Crippen molar-refractivity contribution in [2.45, 2.75) is 38.6 Å². The van der Waals surface area contributed by atoms with Gasteiger partial charge in [-0.25, -0.2) is 9.97 Å². The highest BCUT2D eigenvalue weighted by atomic mass is 16.7. The molecule has 2 unspecified atom stereocenters. The summed E-state index contributed by atoms with van der Waals surface area (Å²) in [6.07, 6.45) is 6.25. The number of benzene rings is 1. The number of hydrogen-bond acceptors (Lipinski definition) is 5. The van der Waals surface area contributed by atoms with Gasteiger partial charge in [-0.2, -0.15) is 0 Å². The molecule has 0 radical (unpaired) electrons. The summed E-state index contributed by atoms with van der Waals surface area (Å²) in [4.78, 5) is 11.5. The Balaban J connectivity index is 1.41. The zero-order chi connectivity index (χ0) is 18.4. The number of rotatable bonds is 3. The van der Waals surface area contributed by atoms with E-state index in [9.17, 15) is 0 Å². The average molecular weight is 364 g/mol. The van der Waals surface area contributed by atoms with Crippen LogP contribution >= 0.6 is 0 Å². The lowest BCUT2D eigenvalue weighted by Gasteiger charge is -2.37. The van der Waals surface area contributed by atoms with Gasteiger partial charge in [-0.15, -0.1) is 0 Å². The van der Waals surface area contributed by atoms with Gasteiger partial charge in [-0.1, -0.05) is 6.07 Å². The van der Waals surface area contributed by atoms with E-state index in [4.69, 9.17) is 9.47 Å². The molecule has 0 amide bonds. The molecule has 0 aliphatic carbocycles. The average Bonchev–Trinajstić information content (AvgIpc) is 3.35. The third kappa shape index (κ3) is 2.94. The maximum absolute atomic E-state index is 5.56. The van der Waals surface area contributed by atoms with Crippen LogP contribution in [0.4, 0.5) is 0 Å². The first-order chi connectivity index (χ1) is 13.2. The van der Waals surface area contributed by atoms with E-state index in [-0.39, 0.29) is 0 Å². The highest BCUT2D eigenvalue weighted by Crippen LogP contribution is 2.37. The zero-order valence-corrected chi connectivity index (χ0v) is 15.8. The molecular formula is C21H24N4O2. The van der Waals surface area contributed by atoms with E-state index in [0.717, 1.165) is 36.1 Å². The summed E-state index contributed by atoms with van der Waals surface area (Å²) < 4.78 is 13.2. The number of fused-ring (bicyclic) bond motifs is 2. The first-order valence-electron chi connectivity index (χ1n) is 9.63. The van der Waals surface area contributed by atoms with E-state index < -0.39 is 0 Å². The molecule has 1 aromatic carbocycles. The fourth-order valence-electron chi connectivity index (χ4n) is 4.35. The maximum atomic E-state index is 5.56. The topological polar surface area (TPSA) is 51.9 Å². The van der Waals surface area contributed by atoms with Crippen molar-refractivity contribution in [1.82, 2.24) is 19.3 Å². The number of piperidine rings is 1. The second kappa shape index (κ2) is 6.53. The fraction of sp³-hybridized carbons (Fsp3) is 0.429. The van der Waals surface area contributed by atoms with E-state index in [1.54, 1.807) is 0 Å². The Labute approximate surface area is 158 Å². The van der Waals surface area contributed by atoms with E-state index in [0.29, 0.717) is 18.8 Å². The van der Waals surface area contributed by atoms with Crippen molar-refractivity contribution in [2.24, 2.45) is 0 Å². The number of hydrogen-bond donors (Lipinski definition) is 0. The molecule has 140 valence electrons. The van der Waals surface area contributed by atoms with Gasteiger partial charge in [0.1, 0.15) is 0 Å². The Morgan fingerprint density at radius 1 is 1.19 bits per heavy atom. The number of aryl methyl sites for hydroxylation is 1. The van der Waals surface area contributed by atoms with Crippen molar-refractivity contribution in [2.75, 3.05) is 19.9 Å². The summed E-state index contributed by atoms with van der Waals surface area (Å²) in [6.45, 7) is 6.80. The first-order valence-corrected chi connectivity index (χ1v) is 9.63. The molecular weight excluding hydrogens is 340 g/mol. The molecule has 1 fully saturated rings. The molecule has 5 rings (SSSR count). The Morgan fingerprint density at radius 2 is 2.07 bits per heavy atom. The smallest absolute Gasteiger partial charge is 0.234 e. The minimum absolute atomic E-state index is 0.321. The van der Waals surface area contributed by atoms with Gasteiger partial charge < -0.3 is 9.47 Å². The number of nitrogens with zero attached hydrogens (tertiary/aromatic N) is 4. The van der Waals surface area contributed by atoms with Crippen LogP contribution in [0.5, 0.6) is 11.5 Å². The molecule has 6 nitrogen and oxygen atoms in total. The van der Waals surface area contributed by atoms with Gasteiger partial charge in [-0.05, 0) is 57.0 Å². The lowest BCUT2D eigenvalue weighted by Crippen LogP contribution is -2.36. The van der Waals surface area contributed by atoms with E-state index in [2.05, 4.69) is 44.4 Å². The zero-order valence-electron chi connectivity index (χ0n) is 15.8. The van der Waals surface area contributed by atoms with Crippen LogP contribution in [-0.4, -0.2) is 39.2 Å². The highest BCUT2D eigenvalue weighted by molar-refractivity contribution is 5.45. The molecule has 2 aliphatic rings. The number of ether oxygens (including phenoxy) is 2. The van der Waals surface area contributed by atoms with Crippen LogP contribution in [0.2, 0.25) is 0 Å². The summed E-state index contributed by atoms with van der Waals surface area (Å²) in [7, 11) is 0. The van der Waals surface area contributed by atoms with Crippen LogP contribution in [0.3, 0.4) is 0 Å². The minimum Gasteiger partial charge on any atom is -0.454 e. The van der Waals surface area contributed by atoms with Crippen molar-refractivity contribution in [3.05, 3.63) is 53.6 Å². The predicted molar refractivity (Wildman–Crippen MR) is 102 cm³/mol. The van der Waals surface area contributed by atoms with Crippen LogP contribution in [-0.2, 0) is 0 Å². The minimum atomic E-state index is 0.321. The molecule has 0 spiro atoms. The van der Waals surface area contributed by atoms with Crippen molar-refractivity contribution in [3.8, 4) is 11.5 Å². The quantitative estimate of drug-likeness (QED) is 0.709. The van der Waals surface area contributed by atoms with E-state index in [1.807, 2.05) is 25.4 Å². The predicted octanol–water partition coefficient (Wildman–Crippen LogP) is 3.71. The number of aromatic nitrogens is 3. The summed E-state index contributed by atoms with van der Waals surface area (Å²) in [5.41, 5.74) is 3.63. The van der Waals surface area contributed by atoms with Crippen molar-refractivity contribution in [1.29, 1.82) is 0 Å². The summed E-state index contributed by atoms with van der Waals surface area (Å²) in [5.74, 6) is 2.98. The SMILES string of the molecule is Cc1cc(C2CCCN(C(C)c3ccc4c(c3)OCO4)C2)n2ccnc2n1. The Hall–Kier alpha value is -2.60. The second-order valence-electron chi connectivity index (χ2n) is 7.54. The third-order valence-electron chi connectivity index (χ3n) is 5.83. The van der Waals surface area contributed by atoms with Crippen molar-refractivity contribution >= 4 is 5.78 Å². The van der Waals surface area contributed by atoms with Crippen molar-refractivity contribution in [3.63, 3.8) is 0 Å². The van der Waals surface area contributed by atoms with Gasteiger partial charge in [0.05, 0.1) is 0 Å². The van der Waals surface area contributed by atoms with E-state index in [1.165, 1.54) is 24.1 Å². The van der Waals surface area contributed by atoms with Crippen LogP contribution in [0.1, 0.15) is 48.7 Å².